The first-order valence-electron chi connectivity index (χ1n) is 10.0. The molecule has 8 heteroatoms. The molecule has 2 aromatic rings. The minimum atomic E-state index is -0.408. The van der Waals surface area contributed by atoms with Crippen molar-refractivity contribution < 1.29 is 19.1 Å². The van der Waals surface area contributed by atoms with Crippen molar-refractivity contribution in [3.05, 3.63) is 48.5 Å². The maximum atomic E-state index is 11.7. The number of benzene rings is 2. The maximum absolute atomic E-state index is 11.7. The molecule has 0 atom stereocenters. The summed E-state index contributed by atoms with van der Waals surface area (Å²) in [5.74, 6) is 0. The molecule has 0 aliphatic rings. The molecule has 0 heterocycles. The SMILES string of the molecule is CCCCOC(=O)Nc1ccc([Se][Se]c2ccc(NC(=O)OCCCC)cc2)cc1. The number of anilines is 2. The van der Waals surface area contributed by atoms with Crippen molar-refractivity contribution in [2.24, 2.45) is 0 Å². The fraction of sp³-hybridized carbons (Fsp3) is 0.364. The molecule has 162 valence electrons. The van der Waals surface area contributed by atoms with Crippen LogP contribution in [0.1, 0.15) is 39.5 Å². The summed E-state index contributed by atoms with van der Waals surface area (Å²) in [4.78, 5) is 23.4. The fourth-order valence-corrected chi connectivity index (χ4v) is 8.17. The van der Waals surface area contributed by atoms with E-state index in [9.17, 15) is 9.59 Å². The number of carbonyl (C=O) groups is 2. The summed E-state index contributed by atoms with van der Waals surface area (Å²) in [6.07, 6.45) is 2.92. The molecule has 0 aliphatic carbocycles. The Bertz CT molecular complexity index is 715. The van der Waals surface area contributed by atoms with Gasteiger partial charge in [-0.15, -0.1) is 0 Å². The van der Waals surface area contributed by atoms with E-state index in [4.69, 9.17) is 9.47 Å². The van der Waals surface area contributed by atoms with Crippen LogP contribution >= 0.6 is 0 Å². The first kappa shape index (κ1) is 24.3. The van der Waals surface area contributed by atoms with Gasteiger partial charge in [-0.3, -0.25) is 0 Å². The average molecular weight is 542 g/mol. The first-order valence-corrected chi connectivity index (χ1v) is 16.1. The van der Waals surface area contributed by atoms with Crippen LogP contribution in [0.15, 0.2) is 48.5 Å². The van der Waals surface area contributed by atoms with E-state index in [1.165, 1.54) is 8.92 Å². The molecule has 6 nitrogen and oxygen atoms in total. The van der Waals surface area contributed by atoms with Gasteiger partial charge in [-0.25, -0.2) is 0 Å². The van der Waals surface area contributed by atoms with Crippen molar-refractivity contribution >= 4 is 58.7 Å². The number of unbranched alkanes of at least 4 members (excludes halogenated alkanes) is 2. The van der Waals surface area contributed by atoms with Gasteiger partial charge in [0.1, 0.15) is 0 Å². The first-order chi connectivity index (χ1) is 14.6. The van der Waals surface area contributed by atoms with Crippen molar-refractivity contribution in [1.82, 2.24) is 0 Å². The van der Waals surface area contributed by atoms with Crippen molar-refractivity contribution in [2.45, 2.75) is 39.5 Å². The molecule has 0 saturated carbocycles. The third-order valence-corrected chi connectivity index (χ3v) is 11.1. The topological polar surface area (TPSA) is 76.7 Å². The van der Waals surface area contributed by atoms with Crippen LogP contribution < -0.4 is 19.6 Å². The van der Waals surface area contributed by atoms with E-state index in [-0.39, 0.29) is 0 Å². The molecule has 2 N–H and O–H groups in total. The summed E-state index contributed by atoms with van der Waals surface area (Å²) in [5.41, 5.74) is 1.48. The number of nitrogens with one attached hydrogen (secondary N) is 2. The van der Waals surface area contributed by atoms with Crippen LogP contribution in [0, 0.1) is 0 Å². The third-order valence-electron chi connectivity index (χ3n) is 3.90. The second-order valence-corrected chi connectivity index (χ2v) is 12.8. The molecule has 2 rings (SSSR count). The predicted octanol–water partition coefficient (Wildman–Crippen LogP) is 3.66. The Kier molecular flexibility index (Phi) is 11.4. The van der Waals surface area contributed by atoms with Crippen molar-refractivity contribution in [3.63, 3.8) is 0 Å². The Morgan fingerprint density at radius 3 is 1.40 bits per heavy atom. The summed E-state index contributed by atoms with van der Waals surface area (Å²) in [6, 6.07) is 15.8. The van der Waals surface area contributed by atoms with Gasteiger partial charge in [0.25, 0.3) is 0 Å². The fourth-order valence-electron chi connectivity index (χ4n) is 2.21. The second-order valence-electron chi connectivity index (χ2n) is 6.44. The van der Waals surface area contributed by atoms with Crippen LogP contribution in [0.3, 0.4) is 0 Å². The Labute approximate surface area is 189 Å². The van der Waals surface area contributed by atoms with Gasteiger partial charge in [0.05, 0.1) is 0 Å². The zero-order valence-corrected chi connectivity index (χ0v) is 20.7. The van der Waals surface area contributed by atoms with E-state index in [0.29, 0.717) is 39.5 Å². The van der Waals surface area contributed by atoms with E-state index in [1.54, 1.807) is 0 Å². The Balaban J connectivity index is 1.74. The van der Waals surface area contributed by atoms with Crippen molar-refractivity contribution in [3.8, 4) is 0 Å². The molecule has 0 spiro atoms. The molecule has 0 fully saturated rings. The molecular formula is C22H28N2O4Se2. The Morgan fingerprint density at radius 1 is 0.700 bits per heavy atom. The quantitative estimate of drug-likeness (QED) is 0.336. The van der Waals surface area contributed by atoms with Crippen LogP contribution in [0.25, 0.3) is 0 Å². The zero-order chi connectivity index (χ0) is 21.6. The normalized spacial score (nSPS) is 10.3. The average Bonchev–Trinajstić information content (AvgIpc) is 2.75. The number of hydrogen-bond acceptors (Lipinski definition) is 4. The third kappa shape index (κ3) is 9.68. The molecule has 0 bridgehead atoms. The zero-order valence-electron chi connectivity index (χ0n) is 17.3. The van der Waals surface area contributed by atoms with Crippen LogP contribution in [0.2, 0.25) is 0 Å². The van der Waals surface area contributed by atoms with E-state index in [0.717, 1.165) is 37.1 Å². The van der Waals surface area contributed by atoms with Crippen LogP contribution in [-0.2, 0) is 9.47 Å². The van der Waals surface area contributed by atoms with Crippen LogP contribution in [0.4, 0.5) is 21.0 Å². The van der Waals surface area contributed by atoms with Crippen molar-refractivity contribution in [1.29, 1.82) is 0 Å². The molecule has 30 heavy (non-hydrogen) atoms. The molecule has 0 aliphatic heterocycles. The number of carbonyl (C=O) groups excluding carboxylic acids is 2. The Morgan fingerprint density at radius 2 is 1.07 bits per heavy atom. The molecular weight excluding hydrogens is 514 g/mol. The number of amides is 2. The van der Waals surface area contributed by atoms with Gasteiger partial charge in [0.15, 0.2) is 0 Å². The van der Waals surface area contributed by atoms with Gasteiger partial charge in [-0.05, 0) is 0 Å². The van der Waals surface area contributed by atoms with Gasteiger partial charge >= 0.3 is 190 Å². The molecule has 2 aromatic carbocycles. The van der Waals surface area contributed by atoms with Gasteiger partial charge in [0.2, 0.25) is 0 Å². The predicted molar refractivity (Wildman–Crippen MR) is 123 cm³/mol. The standard InChI is InChI=1S/C22H28N2O4Se2/c1-3-5-15-27-21(25)23-17-7-11-19(12-8-17)29-30-20-13-9-18(10-14-20)24-22(26)28-16-6-4-2/h7-14H,3-6,15-16H2,1-2H3,(H,23,25)(H,24,26). The summed E-state index contributed by atoms with van der Waals surface area (Å²) in [7, 11) is 0. The van der Waals surface area contributed by atoms with Gasteiger partial charge in [-0.1, -0.05) is 0 Å². The number of ether oxygens (including phenoxy) is 2. The minimum absolute atomic E-state index is 0.335. The van der Waals surface area contributed by atoms with E-state index >= 15 is 0 Å². The molecule has 0 aromatic heterocycles. The van der Waals surface area contributed by atoms with E-state index < -0.39 is 12.2 Å². The van der Waals surface area contributed by atoms with Gasteiger partial charge in [-0.2, -0.15) is 0 Å². The Hall–Kier alpha value is -1.98. The van der Waals surface area contributed by atoms with E-state index in [2.05, 4.69) is 24.5 Å². The summed E-state index contributed by atoms with van der Waals surface area (Å²) in [5, 5.41) is 5.49. The number of rotatable bonds is 11. The molecule has 2 amide bonds. The molecule has 0 radical (unpaired) electrons. The van der Waals surface area contributed by atoms with Crippen molar-refractivity contribution in [2.75, 3.05) is 23.8 Å². The second kappa shape index (κ2) is 14.1. The monoisotopic (exact) mass is 544 g/mol. The van der Waals surface area contributed by atoms with Gasteiger partial charge in [0, 0.05) is 0 Å². The van der Waals surface area contributed by atoms with E-state index in [1.807, 2.05) is 48.5 Å². The summed E-state index contributed by atoms with van der Waals surface area (Å²) >= 11 is 0.669. The summed E-state index contributed by atoms with van der Waals surface area (Å²) < 4.78 is 12.8. The summed E-state index contributed by atoms with van der Waals surface area (Å²) in [6.45, 7) is 5.00. The molecule has 0 unspecified atom stereocenters. The van der Waals surface area contributed by atoms with Crippen LogP contribution in [0.5, 0.6) is 0 Å². The van der Waals surface area contributed by atoms with Crippen LogP contribution in [-0.4, -0.2) is 51.7 Å². The van der Waals surface area contributed by atoms with Gasteiger partial charge < -0.3 is 0 Å². The number of hydrogen-bond donors (Lipinski definition) is 2. The molecule has 0 saturated heterocycles.